The standard InChI is InChI=1S/C12H17NO4/c1-8(13-5-10(15)6-14)9-2-3-11-12(4-9)17-7-16-11/h2-4,8,10,13-15H,5-7H2,1H3. The van der Waals surface area contributed by atoms with E-state index in [0.29, 0.717) is 6.54 Å². The number of aliphatic hydroxyl groups is 2. The minimum Gasteiger partial charge on any atom is -0.454 e. The molecule has 0 amide bonds. The molecule has 94 valence electrons. The van der Waals surface area contributed by atoms with Crippen LogP contribution in [-0.2, 0) is 0 Å². The predicted octanol–water partition coefficient (Wildman–Crippen LogP) is 0.419. The number of fused-ring (bicyclic) bond motifs is 1. The molecule has 0 fully saturated rings. The molecule has 2 unspecified atom stereocenters. The van der Waals surface area contributed by atoms with Crippen LogP contribution in [0.2, 0.25) is 0 Å². The first-order chi connectivity index (χ1) is 8.20. The molecule has 3 N–H and O–H groups in total. The first kappa shape index (κ1) is 12.2. The quantitative estimate of drug-likeness (QED) is 0.694. The van der Waals surface area contributed by atoms with E-state index in [1.165, 1.54) is 0 Å². The molecule has 0 radical (unpaired) electrons. The van der Waals surface area contributed by atoms with Crippen molar-refractivity contribution in [2.24, 2.45) is 0 Å². The van der Waals surface area contributed by atoms with E-state index in [2.05, 4.69) is 5.32 Å². The third-order valence-electron chi connectivity index (χ3n) is 2.77. The highest BCUT2D eigenvalue weighted by atomic mass is 16.7. The average Bonchev–Trinajstić information content (AvgIpc) is 2.82. The third kappa shape index (κ3) is 2.88. The Bertz CT molecular complexity index is 383. The lowest BCUT2D eigenvalue weighted by Crippen LogP contribution is -2.31. The van der Waals surface area contributed by atoms with E-state index < -0.39 is 6.10 Å². The fourth-order valence-electron chi connectivity index (χ4n) is 1.68. The van der Waals surface area contributed by atoms with Crippen LogP contribution in [0.25, 0.3) is 0 Å². The van der Waals surface area contributed by atoms with E-state index in [9.17, 15) is 5.11 Å². The molecule has 1 aromatic carbocycles. The molecule has 2 atom stereocenters. The van der Waals surface area contributed by atoms with Crippen molar-refractivity contribution in [2.75, 3.05) is 19.9 Å². The van der Waals surface area contributed by atoms with Crippen LogP contribution < -0.4 is 14.8 Å². The number of benzene rings is 1. The van der Waals surface area contributed by atoms with Crippen LogP contribution >= 0.6 is 0 Å². The minimum absolute atomic E-state index is 0.0747. The Kier molecular flexibility index (Phi) is 3.83. The maximum atomic E-state index is 9.25. The summed E-state index contributed by atoms with van der Waals surface area (Å²) < 4.78 is 10.5. The van der Waals surface area contributed by atoms with Crippen LogP contribution in [0.3, 0.4) is 0 Å². The first-order valence-electron chi connectivity index (χ1n) is 5.62. The molecule has 0 aromatic heterocycles. The Morgan fingerprint density at radius 1 is 1.35 bits per heavy atom. The van der Waals surface area contributed by atoms with Gasteiger partial charge in [-0.2, -0.15) is 0 Å². The van der Waals surface area contributed by atoms with Crippen molar-refractivity contribution < 1.29 is 19.7 Å². The molecule has 0 saturated carbocycles. The SMILES string of the molecule is CC(NCC(O)CO)c1ccc2c(c1)OCO2. The van der Waals surface area contributed by atoms with Gasteiger partial charge in [0.1, 0.15) is 0 Å². The number of hydrogen-bond donors (Lipinski definition) is 3. The van der Waals surface area contributed by atoms with Gasteiger partial charge in [-0.25, -0.2) is 0 Å². The monoisotopic (exact) mass is 239 g/mol. The van der Waals surface area contributed by atoms with Gasteiger partial charge in [-0.1, -0.05) is 6.07 Å². The second kappa shape index (κ2) is 5.35. The predicted molar refractivity (Wildman–Crippen MR) is 62.1 cm³/mol. The zero-order chi connectivity index (χ0) is 12.3. The average molecular weight is 239 g/mol. The molecule has 1 aromatic rings. The maximum absolute atomic E-state index is 9.25. The van der Waals surface area contributed by atoms with Gasteiger partial charge >= 0.3 is 0 Å². The van der Waals surface area contributed by atoms with Gasteiger partial charge in [0.25, 0.3) is 0 Å². The summed E-state index contributed by atoms with van der Waals surface area (Å²) in [5.74, 6) is 1.51. The smallest absolute Gasteiger partial charge is 0.231 e. The number of rotatable bonds is 5. The minimum atomic E-state index is -0.730. The van der Waals surface area contributed by atoms with Crippen LogP contribution in [-0.4, -0.2) is 36.3 Å². The topological polar surface area (TPSA) is 71.0 Å². The Balaban J connectivity index is 1.97. The van der Waals surface area contributed by atoms with Crippen molar-refractivity contribution >= 4 is 0 Å². The van der Waals surface area contributed by atoms with Gasteiger partial charge in [0.15, 0.2) is 11.5 Å². The van der Waals surface area contributed by atoms with Crippen molar-refractivity contribution in [1.29, 1.82) is 0 Å². The second-order valence-corrected chi connectivity index (χ2v) is 4.08. The van der Waals surface area contributed by atoms with Gasteiger partial charge in [0.05, 0.1) is 12.7 Å². The summed E-state index contributed by atoms with van der Waals surface area (Å²) in [5, 5.41) is 21.1. The summed E-state index contributed by atoms with van der Waals surface area (Å²) in [4.78, 5) is 0. The summed E-state index contributed by atoms with van der Waals surface area (Å²) in [7, 11) is 0. The van der Waals surface area contributed by atoms with Gasteiger partial charge in [-0.15, -0.1) is 0 Å². The fraction of sp³-hybridized carbons (Fsp3) is 0.500. The summed E-state index contributed by atoms with van der Waals surface area (Å²) in [6.45, 7) is 2.37. The lowest BCUT2D eigenvalue weighted by atomic mass is 10.1. The molecule has 17 heavy (non-hydrogen) atoms. The summed E-state index contributed by atoms with van der Waals surface area (Å²) in [5.41, 5.74) is 1.05. The van der Waals surface area contributed by atoms with Crippen molar-refractivity contribution in [3.8, 4) is 11.5 Å². The van der Waals surface area contributed by atoms with Crippen molar-refractivity contribution in [2.45, 2.75) is 19.1 Å². The van der Waals surface area contributed by atoms with Gasteiger partial charge in [-0.05, 0) is 24.6 Å². The fourth-order valence-corrected chi connectivity index (χ4v) is 1.68. The first-order valence-corrected chi connectivity index (χ1v) is 5.62. The Hall–Kier alpha value is -1.30. The van der Waals surface area contributed by atoms with Gasteiger partial charge in [-0.3, -0.25) is 0 Å². The third-order valence-corrected chi connectivity index (χ3v) is 2.77. The molecule has 0 spiro atoms. The molecule has 0 aliphatic carbocycles. The van der Waals surface area contributed by atoms with E-state index in [4.69, 9.17) is 14.6 Å². The molecular weight excluding hydrogens is 222 g/mol. The Morgan fingerprint density at radius 2 is 2.12 bits per heavy atom. The highest BCUT2D eigenvalue weighted by molar-refractivity contribution is 5.45. The molecule has 0 saturated heterocycles. The summed E-state index contributed by atoms with van der Waals surface area (Å²) in [6, 6.07) is 5.82. The van der Waals surface area contributed by atoms with Crippen LogP contribution in [0.15, 0.2) is 18.2 Å². The zero-order valence-electron chi connectivity index (χ0n) is 9.72. The number of nitrogens with one attached hydrogen (secondary N) is 1. The zero-order valence-corrected chi connectivity index (χ0v) is 9.72. The Morgan fingerprint density at radius 3 is 2.88 bits per heavy atom. The highest BCUT2D eigenvalue weighted by Crippen LogP contribution is 2.34. The summed E-state index contributed by atoms with van der Waals surface area (Å²) >= 11 is 0. The van der Waals surface area contributed by atoms with Gasteiger partial charge < -0.3 is 25.0 Å². The van der Waals surface area contributed by atoms with Crippen LogP contribution in [0.5, 0.6) is 11.5 Å². The highest BCUT2D eigenvalue weighted by Gasteiger charge is 2.15. The normalized spacial score (nSPS) is 16.9. The molecule has 5 nitrogen and oxygen atoms in total. The van der Waals surface area contributed by atoms with Crippen LogP contribution in [0.1, 0.15) is 18.5 Å². The largest absolute Gasteiger partial charge is 0.454 e. The molecule has 2 rings (SSSR count). The molecule has 5 heteroatoms. The molecule has 1 aliphatic rings. The van der Waals surface area contributed by atoms with Crippen molar-refractivity contribution in [3.63, 3.8) is 0 Å². The lowest BCUT2D eigenvalue weighted by molar-refractivity contribution is 0.0924. The van der Waals surface area contributed by atoms with Crippen LogP contribution in [0.4, 0.5) is 0 Å². The van der Waals surface area contributed by atoms with Crippen molar-refractivity contribution in [3.05, 3.63) is 23.8 Å². The van der Waals surface area contributed by atoms with Crippen LogP contribution in [0, 0.1) is 0 Å². The molecule has 1 aliphatic heterocycles. The second-order valence-electron chi connectivity index (χ2n) is 4.08. The van der Waals surface area contributed by atoms with Gasteiger partial charge in [0.2, 0.25) is 6.79 Å². The number of hydrogen-bond acceptors (Lipinski definition) is 5. The van der Waals surface area contributed by atoms with E-state index >= 15 is 0 Å². The Labute approximate surface area is 100.0 Å². The number of aliphatic hydroxyl groups excluding tert-OH is 2. The lowest BCUT2D eigenvalue weighted by Gasteiger charge is -2.16. The van der Waals surface area contributed by atoms with E-state index in [1.54, 1.807) is 0 Å². The molecule has 0 bridgehead atoms. The van der Waals surface area contributed by atoms with Gasteiger partial charge in [0, 0.05) is 12.6 Å². The van der Waals surface area contributed by atoms with E-state index in [1.807, 2.05) is 25.1 Å². The van der Waals surface area contributed by atoms with E-state index in [0.717, 1.165) is 17.1 Å². The van der Waals surface area contributed by atoms with E-state index in [-0.39, 0.29) is 19.4 Å². The molecule has 1 heterocycles. The summed E-state index contributed by atoms with van der Waals surface area (Å²) in [6.07, 6.45) is -0.730. The number of ether oxygens (including phenoxy) is 2. The maximum Gasteiger partial charge on any atom is 0.231 e. The molecular formula is C12H17NO4. The van der Waals surface area contributed by atoms with Crippen molar-refractivity contribution in [1.82, 2.24) is 5.32 Å².